The van der Waals surface area contributed by atoms with E-state index in [9.17, 15) is 14.4 Å². The predicted molar refractivity (Wildman–Crippen MR) is 143 cm³/mol. The first-order valence-electron chi connectivity index (χ1n) is 12.7. The van der Waals surface area contributed by atoms with Gasteiger partial charge in [-0.2, -0.15) is 0 Å². The summed E-state index contributed by atoms with van der Waals surface area (Å²) >= 11 is 7.18. The summed E-state index contributed by atoms with van der Waals surface area (Å²) in [5.41, 5.74) is 3.24. The predicted octanol–water partition coefficient (Wildman–Crippen LogP) is 2.60. The van der Waals surface area contributed by atoms with Crippen molar-refractivity contribution in [2.75, 3.05) is 51.8 Å². The molecule has 11 heteroatoms. The topological polar surface area (TPSA) is 103 Å². The SMILES string of the molecule is CN1CCc2ccc(NC(=O)[C@H](NC(=O)c3ccc(Cl)s3)C3CC3NC(=O)N3CCOCC3)cc2CC1. The summed E-state index contributed by atoms with van der Waals surface area (Å²) in [6.07, 6.45) is 2.51. The summed E-state index contributed by atoms with van der Waals surface area (Å²) in [7, 11) is 2.12. The van der Waals surface area contributed by atoms with Gasteiger partial charge in [-0.1, -0.05) is 17.7 Å². The molecule has 2 fully saturated rings. The number of carbonyl (C=O) groups is 3. The highest BCUT2D eigenvalue weighted by Crippen LogP contribution is 2.35. The first-order valence-corrected chi connectivity index (χ1v) is 13.9. The van der Waals surface area contributed by atoms with E-state index in [0.29, 0.717) is 47.6 Å². The van der Waals surface area contributed by atoms with E-state index in [2.05, 4.69) is 34.0 Å². The number of thiophene rings is 1. The van der Waals surface area contributed by atoms with Crippen LogP contribution in [-0.4, -0.2) is 86.2 Å². The van der Waals surface area contributed by atoms with Crippen molar-refractivity contribution in [2.45, 2.75) is 31.3 Å². The first kappa shape index (κ1) is 26.0. The van der Waals surface area contributed by atoms with Gasteiger partial charge in [0.05, 0.1) is 22.4 Å². The average Bonchev–Trinajstić information content (AvgIpc) is 3.56. The number of nitrogens with zero attached hydrogens (tertiary/aromatic N) is 2. The molecule has 3 aliphatic rings. The van der Waals surface area contributed by atoms with E-state index in [0.717, 1.165) is 37.3 Å². The summed E-state index contributed by atoms with van der Waals surface area (Å²) < 4.78 is 5.82. The van der Waals surface area contributed by atoms with Crippen LogP contribution in [0, 0.1) is 5.92 Å². The molecule has 3 N–H and O–H groups in total. The highest BCUT2D eigenvalue weighted by atomic mass is 35.5. The van der Waals surface area contributed by atoms with Gasteiger partial charge in [0.15, 0.2) is 0 Å². The lowest BCUT2D eigenvalue weighted by atomic mass is 10.0. The Bertz CT molecular complexity index is 1170. The number of fused-ring (bicyclic) bond motifs is 1. The third-order valence-electron chi connectivity index (χ3n) is 7.24. The van der Waals surface area contributed by atoms with Gasteiger partial charge < -0.3 is 30.5 Å². The fourth-order valence-electron chi connectivity index (χ4n) is 4.92. The van der Waals surface area contributed by atoms with Crippen LogP contribution >= 0.6 is 22.9 Å². The number of carbonyl (C=O) groups excluding carboxylic acids is 3. The van der Waals surface area contributed by atoms with Crippen molar-refractivity contribution in [3.63, 3.8) is 0 Å². The molecule has 1 aromatic heterocycles. The van der Waals surface area contributed by atoms with Crippen LogP contribution in [0.4, 0.5) is 10.5 Å². The van der Waals surface area contributed by atoms with Gasteiger partial charge in [-0.25, -0.2) is 4.79 Å². The zero-order chi connectivity index (χ0) is 25.9. The van der Waals surface area contributed by atoms with Gasteiger partial charge in [0.25, 0.3) is 5.91 Å². The van der Waals surface area contributed by atoms with Gasteiger partial charge in [-0.3, -0.25) is 9.59 Å². The monoisotopic (exact) mass is 545 g/mol. The van der Waals surface area contributed by atoms with Gasteiger partial charge in [0.1, 0.15) is 6.04 Å². The standard InChI is InChI=1S/C26H32ClN5O4S/c1-31-8-6-16-2-3-18(14-17(16)7-9-31)28-25(34)23(30-24(33)21-4-5-22(27)37-21)19-15-20(19)29-26(35)32-10-12-36-13-11-32/h2-5,14,19-20,23H,6-13,15H2,1H3,(H,28,34)(H,29,35)(H,30,33)/t19?,20?,23-/m1/s1. The Morgan fingerprint density at radius 3 is 2.54 bits per heavy atom. The van der Waals surface area contributed by atoms with E-state index in [1.54, 1.807) is 17.0 Å². The normalized spacial score (nSPS) is 22.4. The van der Waals surface area contributed by atoms with Crippen molar-refractivity contribution >= 4 is 46.5 Å². The summed E-state index contributed by atoms with van der Waals surface area (Å²) in [5, 5.41) is 8.93. The summed E-state index contributed by atoms with van der Waals surface area (Å²) in [5.74, 6) is -0.860. The zero-order valence-corrected chi connectivity index (χ0v) is 22.4. The van der Waals surface area contributed by atoms with Gasteiger partial charge in [0.2, 0.25) is 5.91 Å². The first-order chi connectivity index (χ1) is 17.9. The number of benzene rings is 1. The maximum Gasteiger partial charge on any atom is 0.317 e. The van der Waals surface area contributed by atoms with Crippen LogP contribution in [0.2, 0.25) is 4.34 Å². The number of amides is 4. The van der Waals surface area contributed by atoms with Crippen molar-refractivity contribution < 1.29 is 19.1 Å². The third-order valence-corrected chi connectivity index (χ3v) is 8.47. The van der Waals surface area contributed by atoms with Crippen LogP contribution in [-0.2, 0) is 22.4 Å². The van der Waals surface area contributed by atoms with Gasteiger partial charge >= 0.3 is 6.03 Å². The van der Waals surface area contributed by atoms with Crippen LogP contribution in [0.15, 0.2) is 30.3 Å². The lowest BCUT2D eigenvalue weighted by Crippen LogP contribution is -2.49. The summed E-state index contributed by atoms with van der Waals surface area (Å²) in [4.78, 5) is 43.6. The number of anilines is 1. The van der Waals surface area contributed by atoms with Crippen LogP contribution in [0.5, 0.6) is 0 Å². The van der Waals surface area contributed by atoms with E-state index < -0.39 is 6.04 Å². The largest absolute Gasteiger partial charge is 0.378 e. The van der Waals surface area contributed by atoms with Crippen LogP contribution in [0.25, 0.3) is 0 Å². The molecule has 1 saturated heterocycles. The molecule has 3 atom stereocenters. The molecule has 4 amide bonds. The number of hydrogen-bond acceptors (Lipinski definition) is 6. The van der Waals surface area contributed by atoms with Gasteiger partial charge in [-0.15, -0.1) is 11.3 Å². The number of urea groups is 1. The summed E-state index contributed by atoms with van der Waals surface area (Å²) in [6, 6.07) is 8.18. The second-order valence-corrected chi connectivity index (χ2v) is 11.6. The lowest BCUT2D eigenvalue weighted by Gasteiger charge is -2.27. The number of morpholine rings is 1. The molecule has 3 heterocycles. The third kappa shape index (κ3) is 6.43. The maximum absolute atomic E-state index is 13.5. The van der Waals surface area contributed by atoms with Crippen molar-refractivity contribution in [3.05, 3.63) is 50.7 Å². The molecule has 1 aliphatic carbocycles. The molecule has 2 aliphatic heterocycles. The Labute approximate surface area is 225 Å². The average molecular weight is 546 g/mol. The number of halogens is 1. The molecule has 1 saturated carbocycles. The van der Waals surface area contributed by atoms with Crippen LogP contribution < -0.4 is 16.0 Å². The molecular weight excluding hydrogens is 514 g/mol. The second kappa shape index (κ2) is 11.4. The summed E-state index contributed by atoms with van der Waals surface area (Å²) in [6.45, 7) is 4.10. The Morgan fingerprint density at radius 1 is 1.05 bits per heavy atom. The minimum atomic E-state index is -0.798. The highest BCUT2D eigenvalue weighted by Gasteiger charge is 2.48. The Balaban J connectivity index is 1.28. The van der Waals surface area contributed by atoms with E-state index in [-0.39, 0.29) is 29.8 Å². The number of likely N-dealkylation sites (N-methyl/N-ethyl adjacent to an activating group) is 1. The molecule has 0 radical (unpaired) electrons. The van der Waals surface area contributed by atoms with Crippen molar-refractivity contribution in [1.82, 2.24) is 20.4 Å². The fourth-order valence-corrected chi connectivity index (χ4v) is 5.86. The minimum Gasteiger partial charge on any atom is -0.378 e. The number of rotatable bonds is 6. The molecule has 0 spiro atoms. The zero-order valence-electron chi connectivity index (χ0n) is 20.8. The van der Waals surface area contributed by atoms with E-state index in [4.69, 9.17) is 16.3 Å². The maximum atomic E-state index is 13.5. The molecule has 2 aromatic rings. The molecule has 9 nitrogen and oxygen atoms in total. The molecular formula is C26H32ClN5O4S. The fraction of sp³-hybridized carbons (Fsp3) is 0.500. The minimum absolute atomic E-state index is 0.165. The number of ether oxygens (including phenoxy) is 1. The molecule has 37 heavy (non-hydrogen) atoms. The Morgan fingerprint density at radius 2 is 1.81 bits per heavy atom. The number of nitrogens with one attached hydrogen (secondary N) is 3. The molecule has 5 rings (SSSR count). The van der Waals surface area contributed by atoms with Crippen LogP contribution in [0.3, 0.4) is 0 Å². The van der Waals surface area contributed by atoms with Crippen molar-refractivity contribution in [1.29, 1.82) is 0 Å². The van der Waals surface area contributed by atoms with Crippen molar-refractivity contribution in [3.8, 4) is 0 Å². The Hall–Kier alpha value is -2.66. The molecule has 0 bridgehead atoms. The smallest absolute Gasteiger partial charge is 0.317 e. The van der Waals surface area contributed by atoms with E-state index in [1.807, 2.05) is 12.1 Å². The number of hydrogen-bond donors (Lipinski definition) is 3. The molecule has 1 aromatic carbocycles. The quantitative estimate of drug-likeness (QED) is 0.518. The van der Waals surface area contributed by atoms with Crippen molar-refractivity contribution in [2.24, 2.45) is 5.92 Å². The van der Waals surface area contributed by atoms with E-state index in [1.165, 1.54) is 11.1 Å². The van der Waals surface area contributed by atoms with E-state index >= 15 is 0 Å². The second-order valence-electron chi connectivity index (χ2n) is 9.89. The van der Waals surface area contributed by atoms with Crippen LogP contribution in [0.1, 0.15) is 27.2 Å². The molecule has 2 unspecified atom stereocenters. The Kier molecular flexibility index (Phi) is 7.99. The molecule has 198 valence electrons. The van der Waals surface area contributed by atoms with Gasteiger partial charge in [-0.05, 0) is 61.7 Å². The van der Waals surface area contributed by atoms with Gasteiger partial charge in [0, 0.05) is 43.8 Å². The highest BCUT2D eigenvalue weighted by molar-refractivity contribution is 7.18. The lowest BCUT2D eigenvalue weighted by molar-refractivity contribution is -0.118.